The first kappa shape index (κ1) is 15.2. The minimum Gasteiger partial charge on any atom is -0.479 e. The fourth-order valence-electron chi connectivity index (χ4n) is 1.88. The fourth-order valence-corrected chi connectivity index (χ4v) is 2.09. The van der Waals surface area contributed by atoms with Gasteiger partial charge in [0.05, 0.1) is 5.56 Å². The SMILES string of the molecule is O=C(NCCC(O)C(=O)O)c1cnc(Cl)c2ccccc12. The van der Waals surface area contributed by atoms with Crippen LogP contribution in [0.25, 0.3) is 10.8 Å². The molecule has 0 bridgehead atoms. The van der Waals surface area contributed by atoms with E-state index in [0.717, 1.165) is 0 Å². The molecule has 0 radical (unpaired) electrons. The number of aliphatic carboxylic acids is 1. The van der Waals surface area contributed by atoms with Crippen molar-refractivity contribution in [1.29, 1.82) is 0 Å². The zero-order chi connectivity index (χ0) is 15.4. The number of benzene rings is 1. The van der Waals surface area contributed by atoms with Crippen molar-refractivity contribution >= 4 is 34.2 Å². The Labute approximate surface area is 125 Å². The van der Waals surface area contributed by atoms with Gasteiger partial charge in [0.1, 0.15) is 5.15 Å². The number of hydrogen-bond acceptors (Lipinski definition) is 4. The van der Waals surface area contributed by atoms with Crippen molar-refractivity contribution in [2.45, 2.75) is 12.5 Å². The van der Waals surface area contributed by atoms with Gasteiger partial charge in [0.25, 0.3) is 5.91 Å². The number of carbonyl (C=O) groups excluding carboxylic acids is 1. The summed E-state index contributed by atoms with van der Waals surface area (Å²) in [5.74, 6) is -1.71. The van der Waals surface area contributed by atoms with E-state index in [1.165, 1.54) is 6.20 Å². The summed E-state index contributed by atoms with van der Waals surface area (Å²) in [6, 6.07) is 7.09. The number of amides is 1. The lowest BCUT2D eigenvalue weighted by Gasteiger charge is -2.09. The minimum atomic E-state index is -1.50. The van der Waals surface area contributed by atoms with Gasteiger partial charge in [0.15, 0.2) is 6.10 Å². The summed E-state index contributed by atoms with van der Waals surface area (Å²) in [7, 11) is 0. The second-order valence-corrected chi connectivity index (χ2v) is 4.76. The molecule has 0 aliphatic carbocycles. The number of nitrogens with zero attached hydrogens (tertiary/aromatic N) is 1. The highest BCUT2D eigenvalue weighted by Gasteiger charge is 2.15. The molecule has 0 spiro atoms. The van der Waals surface area contributed by atoms with Gasteiger partial charge >= 0.3 is 5.97 Å². The molecule has 1 aromatic heterocycles. The molecule has 0 aliphatic rings. The Morgan fingerprint density at radius 1 is 1.29 bits per heavy atom. The predicted octanol–water partition coefficient (Wildman–Crippen LogP) is 1.45. The standard InChI is InChI=1S/C14H13ClN2O4/c15-12-9-4-2-1-3-8(9)10(7-17-12)13(19)16-6-5-11(18)14(20)21/h1-4,7,11,18H,5-6H2,(H,16,19)(H,20,21). The topological polar surface area (TPSA) is 99.5 Å². The lowest BCUT2D eigenvalue weighted by molar-refractivity contribution is -0.146. The van der Waals surface area contributed by atoms with E-state index in [4.69, 9.17) is 21.8 Å². The van der Waals surface area contributed by atoms with E-state index < -0.39 is 18.0 Å². The molecule has 1 aromatic carbocycles. The molecule has 21 heavy (non-hydrogen) atoms. The van der Waals surface area contributed by atoms with Crippen LogP contribution >= 0.6 is 11.6 Å². The van der Waals surface area contributed by atoms with Crippen molar-refractivity contribution in [2.24, 2.45) is 0 Å². The number of aliphatic hydroxyl groups excluding tert-OH is 1. The summed E-state index contributed by atoms with van der Waals surface area (Å²) < 4.78 is 0. The van der Waals surface area contributed by atoms with Crippen LogP contribution < -0.4 is 5.32 Å². The lowest BCUT2D eigenvalue weighted by Crippen LogP contribution is -2.30. The van der Waals surface area contributed by atoms with E-state index in [1.807, 2.05) is 0 Å². The number of aliphatic hydroxyl groups is 1. The molecule has 0 saturated heterocycles. The smallest absolute Gasteiger partial charge is 0.332 e. The largest absolute Gasteiger partial charge is 0.479 e. The number of carboxylic acid groups (broad SMARTS) is 1. The number of pyridine rings is 1. The highest BCUT2D eigenvalue weighted by molar-refractivity contribution is 6.34. The minimum absolute atomic E-state index is 0.0449. The molecule has 0 fully saturated rings. The Morgan fingerprint density at radius 2 is 1.95 bits per heavy atom. The van der Waals surface area contributed by atoms with Crippen LogP contribution in [0.2, 0.25) is 5.15 Å². The van der Waals surface area contributed by atoms with Gasteiger partial charge in [-0.25, -0.2) is 9.78 Å². The van der Waals surface area contributed by atoms with E-state index in [-0.39, 0.29) is 13.0 Å². The van der Waals surface area contributed by atoms with Crippen molar-refractivity contribution in [1.82, 2.24) is 10.3 Å². The van der Waals surface area contributed by atoms with Gasteiger partial charge in [0.2, 0.25) is 0 Å². The van der Waals surface area contributed by atoms with Crippen molar-refractivity contribution in [3.63, 3.8) is 0 Å². The van der Waals surface area contributed by atoms with Gasteiger partial charge in [-0.05, 0) is 5.39 Å². The zero-order valence-electron chi connectivity index (χ0n) is 10.9. The third-order valence-electron chi connectivity index (χ3n) is 2.98. The van der Waals surface area contributed by atoms with Crippen LogP contribution in [0.5, 0.6) is 0 Å². The molecule has 6 nitrogen and oxygen atoms in total. The third kappa shape index (κ3) is 3.48. The average Bonchev–Trinajstić information content (AvgIpc) is 2.47. The second-order valence-electron chi connectivity index (χ2n) is 4.41. The van der Waals surface area contributed by atoms with Crippen LogP contribution in [0, 0.1) is 0 Å². The number of carboxylic acids is 1. The fraction of sp³-hybridized carbons (Fsp3) is 0.214. The number of carbonyl (C=O) groups is 2. The van der Waals surface area contributed by atoms with Gasteiger partial charge in [-0.2, -0.15) is 0 Å². The molecule has 1 amide bonds. The molecule has 110 valence electrons. The van der Waals surface area contributed by atoms with E-state index in [9.17, 15) is 9.59 Å². The summed E-state index contributed by atoms with van der Waals surface area (Å²) in [4.78, 5) is 26.5. The Balaban J connectivity index is 2.13. The molecule has 1 heterocycles. The maximum Gasteiger partial charge on any atom is 0.332 e. The Bertz CT molecular complexity index is 690. The molecule has 3 N–H and O–H groups in total. The van der Waals surface area contributed by atoms with Gasteiger partial charge in [-0.1, -0.05) is 35.9 Å². The van der Waals surface area contributed by atoms with Crippen molar-refractivity contribution in [3.05, 3.63) is 41.2 Å². The van der Waals surface area contributed by atoms with Crippen molar-refractivity contribution in [2.75, 3.05) is 6.54 Å². The number of nitrogens with one attached hydrogen (secondary N) is 1. The lowest BCUT2D eigenvalue weighted by atomic mass is 10.1. The maximum absolute atomic E-state index is 12.1. The summed E-state index contributed by atoms with van der Waals surface area (Å²) in [5, 5.41) is 21.9. The van der Waals surface area contributed by atoms with E-state index in [0.29, 0.717) is 21.5 Å². The van der Waals surface area contributed by atoms with Crippen LogP contribution in [0.3, 0.4) is 0 Å². The first-order valence-electron chi connectivity index (χ1n) is 6.23. The number of aromatic nitrogens is 1. The first-order valence-corrected chi connectivity index (χ1v) is 6.61. The summed E-state index contributed by atoms with van der Waals surface area (Å²) in [6.45, 7) is 0.0449. The second kappa shape index (κ2) is 6.51. The monoisotopic (exact) mass is 308 g/mol. The van der Waals surface area contributed by atoms with Crippen LogP contribution in [0.4, 0.5) is 0 Å². The number of rotatable bonds is 5. The van der Waals surface area contributed by atoms with Gasteiger partial charge in [0, 0.05) is 24.5 Å². The van der Waals surface area contributed by atoms with E-state index in [1.54, 1.807) is 24.3 Å². The van der Waals surface area contributed by atoms with Crippen LogP contribution in [-0.2, 0) is 4.79 Å². The van der Waals surface area contributed by atoms with Crippen LogP contribution in [0.15, 0.2) is 30.5 Å². The molecular weight excluding hydrogens is 296 g/mol. The molecule has 1 unspecified atom stereocenters. The van der Waals surface area contributed by atoms with Crippen LogP contribution in [-0.4, -0.2) is 39.7 Å². The molecule has 2 aromatic rings. The number of fused-ring (bicyclic) bond motifs is 1. The van der Waals surface area contributed by atoms with E-state index >= 15 is 0 Å². The third-order valence-corrected chi connectivity index (χ3v) is 3.28. The molecular formula is C14H13ClN2O4. The van der Waals surface area contributed by atoms with Gasteiger partial charge in [-0.3, -0.25) is 4.79 Å². The average molecular weight is 309 g/mol. The van der Waals surface area contributed by atoms with Crippen LogP contribution in [0.1, 0.15) is 16.8 Å². The summed E-state index contributed by atoms with van der Waals surface area (Å²) in [6.07, 6.45) is -0.196. The highest BCUT2D eigenvalue weighted by Crippen LogP contribution is 2.23. The predicted molar refractivity (Wildman–Crippen MR) is 77.3 cm³/mol. The summed E-state index contributed by atoms with van der Waals surface area (Å²) in [5.41, 5.74) is 0.347. The summed E-state index contributed by atoms with van der Waals surface area (Å²) >= 11 is 5.97. The van der Waals surface area contributed by atoms with Crippen molar-refractivity contribution < 1.29 is 19.8 Å². The van der Waals surface area contributed by atoms with Crippen molar-refractivity contribution in [3.8, 4) is 0 Å². The van der Waals surface area contributed by atoms with E-state index in [2.05, 4.69) is 10.3 Å². The Morgan fingerprint density at radius 3 is 2.62 bits per heavy atom. The normalized spacial score (nSPS) is 12.1. The molecule has 2 rings (SSSR count). The van der Waals surface area contributed by atoms with Gasteiger partial charge < -0.3 is 15.5 Å². The maximum atomic E-state index is 12.1. The Hall–Kier alpha value is -2.18. The quantitative estimate of drug-likeness (QED) is 0.726. The molecule has 0 saturated carbocycles. The van der Waals surface area contributed by atoms with Gasteiger partial charge in [-0.15, -0.1) is 0 Å². The molecule has 1 atom stereocenters. The number of halogens is 1. The number of hydrogen-bond donors (Lipinski definition) is 3. The molecule has 7 heteroatoms. The molecule has 0 aliphatic heterocycles. The zero-order valence-corrected chi connectivity index (χ0v) is 11.7. The first-order chi connectivity index (χ1) is 10.0. The Kier molecular flexibility index (Phi) is 4.72. The highest BCUT2D eigenvalue weighted by atomic mass is 35.5.